The molecule has 3 saturated heterocycles. The zero-order valence-electron chi connectivity index (χ0n) is 18.1. The molecule has 5 rings (SSSR count). The summed E-state index contributed by atoms with van der Waals surface area (Å²) in [5.41, 5.74) is 4.02. The average Bonchev–Trinajstić information content (AvgIpc) is 3.42. The van der Waals surface area contributed by atoms with Crippen LogP contribution in [0.25, 0.3) is 5.65 Å². The number of morpholine rings is 1. The molecule has 1 unspecified atom stereocenters. The highest BCUT2D eigenvalue weighted by atomic mass is 16.5. The number of aromatic nitrogens is 3. The number of carbonyl (C=O) groups is 1. The van der Waals surface area contributed by atoms with Crippen LogP contribution in [0.2, 0.25) is 0 Å². The summed E-state index contributed by atoms with van der Waals surface area (Å²) in [4.78, 5) is 24.9. The van der Waals surface area contributed by atoms with Gasteiger partial charge in [0.1, 0.15) is 0 Å². The molecule has 0 aliphatic carbocycles. The van der Waals surface area contributed by atoms with Crippen LogP contribution in [0.1, 0.15) is 29.8 Å². The molecular weight excluding hydrogens is 380 g/mol. The molecule has 1 spiro atoms. The number of fused-ring (bicyclic) bond motifs is 1. The second-order valence-electron chi connectivity index (χ2n) is 9.18. The molecule has 1 atom stereocenters. The lowest BCUT2D eigenvalue weighted by Gasteiger charge is -2.29. The molecule has 1 amide bonds. The molecule has 0 bridgehead atoms. The quantitative estimate of drug-likeness (QED) is 0.733. The summed E-state index contributed by atoms with van der Waals surface area (Å²) in [5, 5.41) is 4.52. The average molecular weight is 413 g/mol. The maximum absolute atomic E-state index is 13.3. The lowest BCUT2D eigenvalue weighted by Crippen LogP contribution is -2.43. The van der Waals surface area contributed by atoms with Gasteiger partial charge in [-0.2, -0.15) is 5.10 Å². The fourth-order valence-electron chi connectivity index (χ4n) is 5.33. The van der Waals surface area contributed by atoms with Crippen molar-refractivity contribution in [2.75, 3.05) is 59.0 Å². The Morgan fingerprint density at radius 3 is 2.70 bits per heavy atom. The molecule has 0 radical (unpaired) electrons. The summed E-state index contributed by atoms with van der Waals surface area (Å²) in [7, 11) is 0. The fourth-order valence-corrected chi connectivity index (χ4v) is 5.33. The first-order valence-electron chi connectivity index (χ1n) is 11.2. The maximum atomic E-state index is 13.3. The van der Waals surface area contributed by atoms with Crippen molar-refractivity contribution in [3.63, 3.8) is 0 Å². The van der Waals surface area contributed by atoms with E-state index in [0.717, 1.165) is 101 Å². The maximum Gasteiger partial charge on any atom is 0.230 e. The fraction of sp³-hybridized carbons (Fsp3) is 0.682. The van der Waals surface area contributed by atoms with Crippen LogP contribution in [0.4, 0.5) is 0 Å². The Kier molecular flexibility index (Phi) is 5.24. The van der Waals surface area contributed by atoms with Gasteiger partial charge in [0.15, 0.2) is 5.65 Å². The number of aryl methyl sites for hydroxylation is 2. The Bertz CT molecular complexity index is 937. The van der Waals surface area contributed by atoms with Crippen molar-refractivity contribution in [1.82, 2.24) is 29.3 Å². The van der Waals surface area contributed by atoms with Crippen LogP contribution in [-0.2, 0) is 16.1 Å². The van der Waals surface area contributed by atoms with Crippen LogP contribution in [-0.4, -0.2) is 94.2 Å². The Balaban J connectivity index is 1.22. The number of hydrogen-bond acceptors (Lipinski definition) is 6. The molecule has 162 valence electrons. The number of ether oxygens (including phenoxy) is 1. The van der Waals surface area contributed by atoms with Gasteiger partial charge in [-0.1, -0.05) is 0 Å². The first kappa shape index (κ1) is 19.9. The van der Waals surface area contributed by atoms with Crippen LogP contribution in [0.3, 0.4) is 0 Å². The van der Waals surface area contributed by atoms with E-state index in [1.807, 2.05) is 17.6 Å². The van der Waals surface area contributed by atoms with E-state index < -0.39 is 0 Å². The normalized spacial score (nSPS) is 25.9. The van der Waals surface area contributed by atoms with Crippen LogP contribution < -0.4 is 0 Å². The minimum absolute atomic E-state index is 0.187. The molecule has 3 aliphatic rings. The van der Waals surface area contributed by atoms with E-state index in [1.165, 1.54) is 0 Å². The molecule has 30 heavy (non-hydrogen) atoms. The number of nitrogens with zero attached hydrogens (tertiary/aromatic N) is 6. The molecule has 3 fully saturated rings. The van der Waals surface area contributed by atoms with Gasteiger partial charge in [0, 0.05) is 62.8 Å². The van der Waals surface area contributed by atoms with Crippen LogP contribution >= 0.6 is 0 Å². The summed E-state index contributed by atoms with van der Waals surface area (Å²) >= 11 is 0. The third kappa shape index (κ3) is 3.61. The molecule has 0 saturated carbocycles. The van der Waals surface area contributed by atoms with E-state index in [4.69, 9.17) is 9.72 Å². The Morgan fingerprint density at radius 1 is 1.07 bits per heavy atom. The highest BCUT2D eigenvalue weighted by Crippen LogP contribution is 2.41. The Hall–Kier alpha value is -2.03. The van der Waals surface area contributed by atoms with Crippen molar-refractivity contribution >= 4 is 11.6 Å². The third-order valence-electron chi connectivity index (χ3n) is 7.07. The van der Waals surface area contributed by atoms with E-state index in [0.29, 0.717) is 5.91 Å². The summed E-state index contributed by atoms with van der Waals surface area (Å²) in [6.45, 7) is 13.0. The molecule has 2 aromatic rings. The summed E-state index contributed by atoms with van der Waals surface area (Å²) in [6, 6.07) is 2.05. The van der Waals surface area contributed by atoms with Gasteiger partial charge in [-0.15, -0.1) is 0 Å². The van der Waals surface area contributed by atoms with E-state index >= 15 is 0 Å². The largest absolute Gasteiger partial charge is 0.379 e. The predicted molar refractivity (Wildman–Crippen MR) is 113 cm³/mol. The van der Waals surface area contributed by atoms with Crippen molar-refractivity contribution in [2.45, 2.75) is 33.2 Å². The van der Waals surface area contributed by atoms with Gasteiger partial charge in [0.25, 0.3) is 0 Å². The summed E-state index contributed by atoms with van der Waals surface area (Å²) < 4.78 is 7.34. The van der Waals surface area contributed by atoms with E-state index in [1.54, 1.807) is 0 Å². The van der Waals surface area contributed by atoms with Gasteiger partial charge < -0.3 is 9.64 Å². The molecule has 8 heteroatoms. The van der Waals surface area contributed by atoms with Crippen LogP contribution in [0.15, 0.2) is 12.3 Å². The minimum Gasteiger partial charge on any atom is -0.379 e. The van der Waals surface area contributed by atoms with Gasteiger partial charge in [-0.3, -0.25) is 14.6 Å². The molecule has 0 aromatic carbocycles. The summed E-state index contributed by atoms with van der Waals surface area (Å²) in [5.74, 6) is 0.364. The molecule has 3 aliphatic heterocycles. The van der Waals surface area contributed by atoms with Crippen molar-refractivity contribution in [1.29, 1.82) is 0 Å². The number of hydrogen-bond donors (Lipinski definition) is 0. The predicted octanol–water partition coefficient (Wildman–Crippen LogP) is 1.10. The molecule has 2 aromatic heterocycles. The van der Waals surface area contributed by atoms with E-state index in [9.17, 15) is 4.79 Å². The zero-order valence-corrected chi connectivity index (χ0v) is 18.1. The van der Waals surface area contributed by atoms with Gasteiger partial charge in [-0.05, 0) is 39.3 Å². The lowest BCUT2D eigenvalue weighted by atomic mass is 9.85. The topological polar surface area (TPSA) is 66.2 Å². The SMILES string of the molecule is Cc1cc(C)n2ncc(CN3CCC4(CCN(CCN5CCOCC5)C4=O)C3)c2n1. The first-order chi connectivity index (χ1) is 14.5. The van der Waals surface area contributed by atoms with Crippen LogP contribution in [0.5, 0.6) is 0 Å². The van der Waals surface area contributed by atoms with Crippen molar-refractivity contribution in [3.05, 3.63) is 29.2 Å². The van der Waals surface area contributed by atoms with Gasteiger partial charge >= 0.3 is 0 Å². The number of amides is 1. The van der Waals surface area contributed by atoms with Gasteiger partial charge in [0.2, 0.25) is 5.91 Å². The Labute approximate surface area is 177 Å². The Morgan fingerprint density at radius 2 is 1.87 bits per heavy atom. The summed E-state index contributed by atoms with van der Waals surface area (Å²) in [6.07, 6.45) is 3.88. The molecular formula is C22H32N6O2. The standard InChI is InChI=1S/C22H32N6O2/c1-17-13-18(2)28-20(24-17)19(14-23-28)15-26-5-3-22(16-26)4-6-27(21(22)29)8-7-25-9-11-30-12-10-25/h13-14H,3-12,15-16H2,1-2H3. The minimum atomic E-state index is -0.187. The number of rotatable bonds is 5. The van der Waals surface area contributed by atoms with Crippen LogP contribution in [0, 0.1) is 19.3 Å². The van der Waals surface area contributed by atoms with E-state index in [-0.39, 0.29) is 5.41 Å². The van der Waals surface area contributed by atoms with Gasteiger partial charge in [0.05, 0.1) is 24.8 Å². The molecule has 8 nitrogen and oxygen atoms in total. The van der Waals surface area contributed by atoms with E-state index in [2.05, 4.69) is 32.8 Å². The number of carbonyl (C=O) groups excluding carboxylic acids is 1. The monoisotopic (exact) mass is 412 g/mol. The lowest BCUT2D eigenvalue weighted by molar-refractivity contribution is -0.135. The van der Waals surface area contributed by atoms with Crippen molar-refractivity contribution < 1.29 is 9.53 Å². The second-order valence-corrected chi connectivity index (χ2v) is 9.18. The first-order valence-corrected chi connectivity index (χ1v) is 11.2. The number of likely N-dealkylation sites (tertiary alicyclic amines) is 2. The molecule has 0 N–H and O–H groups in total. The van der Waals surface area contributed by atoms with Crippen molar-refractivity contribution in [2.24, 2.45) is 5.41 Å². The highest BCUT2D eigenvalue weighted by molar-refractivity contribution is 5.85. The molecule has 5 heterocycles. The smallest absolute Gasteiger partial charge is 0.230 e. The second kappa shape index (κ2) is 7.90. The zero-order chi connectivity index (χ0) is 20.7. The van der Waals surface area contributed by atoms with Crippen molar-refractivity contribution in [3.8, 4) is 0 Å². The highest BCUT2D eigenvalue weighted by Gasteiger charge is 2.50. The third-order valence-corrected chi connectivity index (χ3v) is 7.07. The van der Waals surface area contributed by atoms with Gasteiger partial charge in [-0.25, -0.2) is 9.50 Å².